The molecule has 134 valence electrons. The van der Waals surface area contributed by atoms with Crippen LogP contribution < -0.4 is 9.32 Å². The van der Waals surface area contributed by atoms with Gasteiger partial charge in [-0.15, -0.1) is 0 Å². The van der Waals surface area contributed by atoms with E-state index in [1.54, 1.807) is 12.1 Å². The third-order valence-electron chi connectivity index (χ3n) is 6.31. The molecule has 4 aliphatic carbocycles. The molecule has 6 rings (SSSR count). The van der Waals surface area contributed by atoms with Crippen LogP contribution >= 0.6 is 0 Å². The van der Waals surface area contributed by atoms with Gasteiger partial charge in [0.25, 0.3) is 0 Å². The normalized spacial score (nSPS) is 33.9. The van der Waals surface area contributed by atoms with E-state index in [2.05, 4.69) is 4.98 Å². The van der Waals surface area contributed by atoms with Crippen molar-refractivity contribution in [3.05, 3.63) is 24.1 Å². The van der Waals surface area contributed by atoms with Crippen LogP contribution in [0.15, 0.2) is 22.6 Å². The van der Waals surface area contributed by atoms with E-state index < -0.39 is 10.3 Å². The van der Waals surface area contributed by atoms with Gasteiger partial charge in [-0.3, -0.25) is 0 Å². The molecule has 0 aliphatic heterocycles. The Morgan fingerprint density at radius 2 is 1.80 bits per heavy atom. The van der Waals surface area contributed by atoms with Gasteiger partial charge in [-0.05, 0) is 73.8 Å². The van der Waals surface area contributed by atoms with Gasteiger partial charge in [0, 0.05) is 12.5 Å². The van der Waals surface area contributed by atoms with Gasteiger partial charge in [-0.25, -0.2) is 4.98 Å². The van der Waals surface area contributed by atoms with Crippen LogP contribution in [0.2, 0.25) is 0 Å². The summed E-state index contributed by atoms with van der Waals surface area (Å²) in [6.07, 6.45) is 9.05. The first-order valence-corrected chi connectivity index (χ1v) is 10.4. The predicted octanol–water partition coefficient (Wildman–Crippen LogP) is 3.17. The Morgan fingerprint density at radius 1 is 1.16 bits per heavy atom. The lowest BCUT2D eigenvalue weighted by Gasteiger charge is -2.56. The number of fused-ring (bicyclic) bond motifs is 1. The van der Waals surface area contributed by atoms with Gasteiger partial charge in [0.15, 0.2) is 11.5 Å². The van der Waals surface area contributed by atoms with Crippen molar-refractivity contribution in [3.63, 3.8) is 0 Å². The van der Waals surface area contributed by atoms with E-state index in [0.29, 0.717) is 11.0 Å². The van der Waals surface area contributed by atoms with Gasteiger partial charge in [-0.1, -0.05) is 0 Å². The molecule has 0 atom stereocenters. The summed E-state index contributed by atoms with van der Waals surface area (Å²) in [6.45, 7) is 0. The molecule has 25 heavy (non-hydrogen) atoms. The second-order valence-corrected chi connectivity index (χ2v) is 9.56. The molecule has 2 aromatic rings. The summed E-state index contributed by atoms with van der Waals surface area (Å²) in [7, 11) is -4.04. The smallest absolute Gasteiger partial charge is 0.380 e. The maximum absolute atomic E-state index is 11.1. The number of hydrogen-bond donors (Lipinski definition) is 1. The molecular weight excluding hydrogens is 340 g/mol. The number of aromatic nitrogens is 1. The van der Waals surface area contributed by atoms with Crippen molar-refractivity contribution in [1.29, 1.82) is 0 Å². The fourth-order valence-electron chi connectivity index (χ4n) is 6.04. The number of rotatable bonds is 4. The van der Waals surface area contributed by atoms with Crippen LogP contribution in [0.5, 0.6) is 5.75 Å². The standard InChI is InChI=1S/C18H22N2O4S/c19-25(21,22)24-14-1-2-15-16(6-14)23-17(20-15)10-18-7-11-3-12(8-18)5-13(4-11)9-18/h1-2,6,11-13H,3-5,7-10H2,(H2,19,21,22). The molecule has 4 aliphatic rings. The molecule has 4 fully saturated rings. The summed E-state index contributed by atoms with van der Waals surface area (Å²) < 4.78 is 32.8. The zero-order valence-electron chi connectivity index (χ0n) is 14.0. The van der Waals surface area contributed by atoms with Gasteiger partial charge in [0.2, 0.25) is 0 Å². The minimum absolute atomic E-state index is 0.146. The number of hydrogen-bond acceptors (Lipinski definition) is 5. The fraction of sp³-hybridized carbons (Fsp3) is 0.611. The van der Waals surface area contributed by atoms with Crippen molar-refractivity contribution in [2.75, 3.05) is 0 Å². The SMILES string of the molecule is NS(=O)(=O)Oc1ccc2nc(CC34CC5CC(CC(C5)C3)C4)oc2c1. The summed E-state index contributed by atoms with van der Waals surface area (Å²) >= 11 is 0. The van der Waals surface area contributed by atoms with E-state index in [-0.39, 0.29) is 5.75 Å². The van der Waals surface area contributed by atoms with Crippen molar-refractivity contribution in [2.24, 2.45) is 28.3 Å². The summed E-state index contributed by atoms with van der Waals surface area (Å²) in [5, 5.41) is 4.92. The van der Waals surface area contributed by atoms with Crippen molar-refractivity contribution in [2.45, 2.75) is 44.9 Å². The van der Waals surface area contributed by atoms with Crippen LogP contribution in [-0.2, 0) is 16.7 Å². The molecule has 1 heterocycles. The highest BCUT2D eigenvalue weighted by atomic mass is 32.2. The minimum Gasteiger partial charge on any atom is -0.441 e. The highest BCUT2D eigenvalue weighted by Gasteiger charge is 2.51. The maximum Gasteiger partial charge on any atom is 0.380 e. The number of nitrogens with two attached hydrogens (primary N) is 1. The Bertz CT molecular complexity index is 898. The lowest BCUT2D eigenvalue weighted by molar-refractivity contribution is -0.0549. The van der Waals surface area contributed by atoms with Gasteiger partial charge in [0.1, 0.15) is 11.3 Å². The van der Waals surface area contributed by atoms with Crippen molar-refractivity contribution >= 4 is 21.4 Å². The summed E-state index contributed by atoms with van der Waals surface area (Å²) in [5.41, 5.74) is 1.62. The highest BCUT2D eigenvalue weighted by Crippen LogP contribution is 2.61. The Balaban J connectivity index is 1.42. The van der Waals surface area contributed by atoms with Crippen LogP contribution in [0.25, 0.3) is 11.1 Å². The molecule has 0 spiro atoms. The van der Waals surface area contributed by atoms with Crippen molar-refractivity contribution in [1.82, 2.24) is 4.98 Å². The van der Waals surface area contributed by atoms with E-state index in [1.807, 2.05) is 0 Å². The molecule has 1 aromatic heterocycles. The van der Waals surface area contributed by atoms with E-state index in [1.165, 1.54) is 44.6 Å². The van der Waals surface area contributed by atoms with Crippen molar-refractivity contribution in [3.8, 4) is 5.75 Å². The fourth-order valence-corrected chi connectivity index (χ4v) is 6.41. The lowest BCUT2D eigenvalue weighted by Crippen LogP contribution is -2.47. The molecule has 0 unspecified atom stereocenters. The molecule has 6 nitrogen and oxygen atoms in total. The monoisotopic (exact) mass is 362 g/mol. The Labute approximate surface area is 147 Å². The van der Waals surface area contributed by atoms with Crippen LogP contribution in [-0.4, -0.2) is 13.4 Å². The quantitative estimate of drug-likeness (QED) is 0.901. The van der Waals surface area contributed by atoms with Crippen LogP contribution in [0.1, 0.15) is 44.4 Å². The molecule has 7 heteroatoms. The topological polar surface area (TPSA) is 95.4 Å². The second kappa shape index (κ2) is 5.20. The molecule has 1 aromatic carbocycles. The molecule has 2 N–H and O–H groups in total. The van der Waals surface area contributed by atoms with E-state index in [0.717, 1.165) is 35.6 Å². The lowest BCUT2D eigenvalue weighted by atomic mass is 9.49. The number of benzene rings is 1. The third-order valence-corrected chi connectivity index (χ3v) is 6.73. The van der Waals surface area contributed by atoms with Crippen molar-refractivity contribution < 1.29 is 17.0 Å². The zero-order chi connectivity index (χ0) is 17.2. The predicted molar refractivity (Wildman–Crippen MR) is 92.1 cm³/mol. The first-order chi connectivity index (χ1) is 11.9. The largest absolute Gasteiger partial charge is 0.441 e. The molecule has 4 saturated carbocycles. The van der Waals surface area contributed by atoms with E-state index in [9.17, 15) is 8.42 Å². The number of oxazole rings is 1. The van der Waals surface area contributed by atoms with Crippen LogP contribution in [0.3, 0.4) is 0 Å². The first kappa shape index (κ1) is 15.6. The summed E-state index contributed by atoms with van der Waals surface area (Å²) in [4.78, 5) is 4.62. The summed E-state index contributed by atoms with van der Waals surface area (Å²) in [6, 6.07) is 4.79. The van der Waals surface area contributed by atoms with Crippen LogP contribution in [0, 0.1) is 23.2 Å². The highest BCUT2D eigenvalue weighted by molar-refractivity contribution is 7.84. The maximum atomic E-state index is 11.1. The van der Waals surface area contributed by atoms with Gasteiger partial charge >= 0.3 is 10.3 Å². The number of nitrogens with zero attached hydrogens (tertiary/aromatic N) is 1. The first-order valence-electron chi connectivity index (χ1n) is 8.98. The molecule has 4 bridgehead atoms. The van der Waals surface area contributed by atoms with E-state index in [4.69, 9.17) is 13.7 Å². The van der Waals surface area contributed by atoms with Gasteiger partial charge in [-0.2, -0.15) is 13.6 Å². The molecule has 0 saturated heterocycles. The molecule has 0 amide bonds. The van der Waals surface area contributed by atoms with Gasteiger partial charge < -0.3 is 8.60 Å². The Hall–Kier alpha value is -1.60. The second-order valence-electron chi connectivity index (χ2n) is 8.41. The van der Waals surface area contributed by atoms with Gasteiger partial charge in [0.05, 0.1) is 0 Å². The zero-order valence-corrected chi connectivity index (χ0v) is 14.8. The Morgan fingerprint density at radius 3 is 2.40 bits per heavy atom. The third kappa shape index (κ3) is 2.93. The molecule has 0 radical (unpaired) electrons. The average molecular weight is 362 g/mol. The van der Waals surface area contributed by atoms with E-state index >= 15 is 0 Å². The minimum atomic E-state index is -4.04. The Kier molecular flexibility index (Phi) is 3.26. The molecular formula is C18H22N2O4S. The average Bonchev–Trinajstić information content (AvgIpc) is 2.84. The van der Waals surface area contributed by atoms with Crippen LogP contribution in [0.4, 0.5) is 0 Å². The summed E-state index contributed by atoms with van der Waals surface area (Å²) in [5.74, 6) is 3.58.